The van der Waals surface area contributed by atoms with Crippen LogP contribution in [0.5, 0.6) is 5.75 Å². The monoisotopic (exact) mass is 265 g/mol. The van der Waals surface area contributed by atoms with Crippen molar-refractivity contribution in [1.29, 1.82) is 0 Å². The molecule has 0 aromatic heterocycles. The molecule has 1 aromatic carbocycles. The van der Waals surface area contributed by atoms with Crippen molar-refractivity contribution in [3.8, 4) is 5.75 Å². The van der Waals surface area contributed by atoms with Crippen molar-refractivity contribution in [3.63, 3.8) is 0 Å². The van der Waals surface area contributed by atoms with Gasteiger partial charge in [-0.25, -0.2) is 0 Å². The Morgan fingerprint density at radius 3 is 2.68 bits per heavy atom. The molecule has 0 saturated heterocycles. The summed E-state index contributed by atoms with van der Waals surface area (Å²) >= 11 is 0. The van der Waals surface area contributed by atoms with Crippen molar-refractivity contribution < 1.29 is 9.47 Å². The highest BCUT2D eigenvalue weighted by Crippen LogP contribution is 2.21. The van der Waals surface area contributed by atoms with E-state index in [1.165, 1.54) is 11.1 Å². The summed E-state index contributed by atoms with van der Waals surface area (Å²) in [5.74, 6) is 0.963. The molecule has 0 aliphatic heterocycles. The molecule has 0 saturated carbocycles. The van der Waals surface area contributed by atoms with Gasteiger partial charge in [-0.05, 0) is 44.9 Å². The highest BCUT2D eigenvalue weighted by molar-refractivity contribution is 5.37. The summed E-state index contributed by atoms with van der Waals surface area (Å²) in [6.45, 7) is 8.84. The molecular weight excluding hydrogens is 238 g/mol. The summed E-state index contributed by atoms with van der Waals surface area (Å²) in [6.07, 6.45) is 2.07. The molecule has 0 amide bonds. The topological polar surface area (TPSA) is 30.5 Å². The van der Waals surface area contributed by atoms with E-state index in [0.29, 0.717) is 6.04 Å². The van der Waals surface area contributed by atoms with Gasteiger partial charge in [0.2, 0.25) is 0 Å². The van der Waals surface area contributed by atoms with Crippen LogP contribution < -0.4 is 10.1 Å². The maximum Gasteiger partial charge on any atom is 0.122 e. The largest absolute Gasteiger partial charge is 0.496 e. The van der Waals surface area contributed by atoms with Crippen LogP contribution in [-0.2, 0) is 11.2 Å². The Bertz CT molecular complexity index is 358. The Morgan fingerprint density at radius 2 is 2.05 bits per heavy atom. The van der Waals surface area contributed by atoms with Crippen molar-refractivity contribution >= 4 is 0 Å². The lowest BCUT2D eigenvalue weighted by atomic mass is 10.0. The smallest absolute Gasteiger partial charge is 0.122 e. The second-order valence-electron chi connectivity index (χ2n) is 4.83. The number of methoxy groups -OCH3 is 1. The molecule has 19 heavy (non-hydrogen) atoms. The van der Waals surface area contributed by atoms with Gasteiger partial charge in [0.15, 0.2) is 0 Å². The van der Waals surface area contributed by atoms with Crippen LogP contribution in [0, 0.1) is 6.92 Å². The maximum atomic E-state index is 5.57. The van der Waals surface area contributed by atoms with E-state index in [1.807, 2.05) is 13.0 Å². The number of nitrogens with one attached hydrogen (secondary N) is 1. The Labute approximate surface area is 117 Å². The quantitative estimate of drug-likeness (QED) is 0.744. The first-order chi connectivity index (χ1) is 9.21. The van der Waals surface area contributed by atoms with Crippen molar-refractivity contribution in [2.45, 2.75) is 39.7 Å². The summed E-state index contributed by atoms with van der Waals surface area (Å²) in [5.41, 5.74) is 2.51. The average molecular weight is 265 g/mol. The van der Waals surface area contributed by atoms with Gasteiger partial charge in [0.25, 0.3) is 0 Å². The first-order valence-corrected chi connectivity index (χ1v) is 7.15. The van der Waals surface area contributed by atoms with Crippen molar-refractivity contribution in [1.82, 2.24) is 5.32 Å². The second kappa shape index (κ2) is 8.94. The van der Waals surface area contributed by atoms with Gasteiger partial charge in [-0.15, -0.1) is 0 Å². The number of rotatable bonds is 9. The third-order valence-electron chi connectivity index (χ3n) is 3.11. The zero-order chi connectivity index (χ0) is 14.1. The molecule has 0 heterocycles. The third-order valence-corrected chi connectivity index (χ3v) is 3.11. The second-order valence-corrected chi connectivity index (χ2v) is 4.83. The van der Waals surface area contributed by atoms with E-state index in [1.54, 1.807) is 7.11 Å². The lowest BCUT2D eigenvalue weighted by Crippen LogP contribution is -2.36. The zero-order valence-electron chi connectivity index (χ0n) is 12.7. The highest BCUT2D eigenvalue weighted by Gasteiger charge is 2.12. The van der Waals surface area contributed by atoms with E-state index >= 15 is 0 Å². The van der Waals surface area contributed by atoms with Crippen LogP contribution >= 0.6 is 0 Å². The van der Waals surface area contributed by atoms with Crippen LogP contribution in [0.25, 0.3) is 0 Å². The van der Waals surface area contributed by atoms with Gasteiger partial charge in [-0.3, -0.25) is 0 Å². The van der Waals surface area contributed by atoms with Crippen LogP contribution in [0.1, 0.15) is 31.4 Å². The molecule has 1 unspecified atom stereocenters. The van der Waals surface area contributed by atoms with Gasteiger partial charge in [0, 0.05) is 12.6 Å². The molecule has 0 radical (unpaired) electrons. The van der Waals surface area contributed by atoms with E-state index < -0.39 is 0 Å². The maximum absolute atomic E-state index is 5.57. The first-order valence-electron chi connectivity index (χ1n) is 7.15. The fraction of sp³-hybridized carbons (Fsp3) is 0.625. The molecule has 1 N–H and O–H groups in total. The molecule has 1 atom stereocenters. The predicted octanol–water partition coefficient (Wildman–Crippen LogP) is 2.95. The molecule has 0 fully saturated rings. The summed E-state index contributed by atoms with van der Waals surface area (Å²) in [6, 6.07) is 6.67. The van der Waals surface area contributed by atoms with Crippen LogP contribution in [0.15, 0.2) is 18.2 Å². The predicted molar refractivity (Wildman–Crippen MR) is 80.0 cm³/mol. The molecule has 3 nitrogen and oxygen atoms in total. The fourth-order valence-corrected chi connectivity index (χ4v) is 2.13. The van der Waals surface area contributed by atoms with E-state index in [4.69, 9.17) is 9.47 Å². The van der Waals surface area contributed by atoms with Crippen LogP contribution in [0.2, 0.25) is 0 Å². The van der Waals surface area contributed by atoms with Gasteiger partial charge in [0.1, 0.15) is 5.75 Å². The SMILES string of the molecule is CCCNC(COCC)Cc1cc(C)ccc1OC. The van der Waals surface area contributed by atoms with Gasteiger partial charge in [-0.2, -0.15) is 0 Å². The zero-order valence-corrected chi connectivity index (χ0v) is 12.7. The van der Waals surface area contributed by atoms with Crippen molar-refractivity contribution in [3.05, 3.63) is 29.3 Å². The van der Waals surface area contributed by atoms with E-state index in [0.717, 1.165) is 38.3 Å². The fourth-order valence-electron chi connectivity index (χ4n) is 2.13. The molecule has 0 spiro atoms. The summed E-state index contributed by atoms with van der Waals surface area (Å²) in [7, 11) is 1.73. The lowest BCUT2D eigenvalue weighted by molar-refractivity contribution is 0.122. The van der Waals surface area contributed by atoms with Crippen LogP contribution in [0.4, 0.5) is 0 Å². The standard InChI is InChI=1S/C16H27NO2/c1-5-9-17-15(12-19-6-2)11-14-10-13(3)7-8-16(14)18-4/h7-8,10,15,17H,5-6,9,11-12H2,1-4H3. The molecule has 1 aromatic rings. The number of hydrogen-bond donors (Lipinski definition) is 1. The van der Waals surface area contributed by atoms with Gasteiger partial charge in [-0.1, -0.05) is 24.6 Å². The summed E-state index contributed by atoms with van der Waals surface area (Å²) in [5, 5.41) is 3.54. The van der Waals surface area contributed by atoms with Crippen LogP contribution in [0.3, 0.4) is 0 Å². The molecule has 108 valence electrons. The Balaban J connectivity index is 2.72. The third kappa shape index (κ3) is 5.62. The van der Waals surface area contributed by atoms with Crippen LogP contribution in [-0.4, -0.2) is 32.9 Å². The van der Waals surface area contributed by atoms with E-state index in [-0.39, 0.29) is 0 Å². The Morgan fingerprint density at radius 1 is 1.26 bits per heavy atom. The highest BCUT2D eigenvalue weighted by atomic mass is 16.5. The van der Waals surface area contributed by atoms with Crippen molar-refractivity contribution in [2.75, 3.05) is 26.9 Å². The van der Waals surface area contributed by atoms with Crippen molar-refractivity contribution in [2.24, 2.45) is 0 Å². The minimum Gasteiger partial charge on any atom is -0.496 e. The normalized spacial score (nSPS) is 12.4. The minimum absolute atomic E-state index is 0.343. The summed E-state index contributed by atoms with van der Waals surface area (Å²) < 4.78 is 11.0. The molecule has 0 aliphatic carbocycles. The molecule has 0 bridgehead atoms. The van der Waals surface area contributed by atoms with E-state index in [2.05, 4.69) is 31.3 Å². The minimum atomic E-state index is 0.343. The molecule has 3 heteroatoms. The number of benzene rings is 1. The Kier molecular flexibility index (Phi) is 7.53. The number of hydrogen-bond acceptors (Lipinski definition) is 3. The van der Waals surface area contributed by atoms with Gasteiger partial charge < -0.3 is 14.8 Å². The number of ether oxygens (including phenoxy) is 2. The Hall–Kier alpha value is -1.06. The van der Waals surface area contributed by atoms with Gasteiger partial charge >= 0.3 is 0 Å². The molecule has 0 aliphatic rings. The average Bonchev–Trinajstić information content (AvgIpc) is 2.42. The molecular formula is C16H27NO2. The van der Waals surface area contributed by atoms with E-state index in [9.17, 15) is 0 Å². The lowest BCUT2D eigenvalue weighted by Gasteiger charge is -2.20. The molecule has 1 rings (SSSR count). The number of aryl methyl sites for hydroxylation is 1. The first kappa shape index (κ1) is 16.0. The van der Waals surface area contributed by atoms with Gasteiger partial charge in [0.05, 0.1) is 13.7 Å². The summed E-state index contributed by atoms with van der Waals surface area (Å²) in [4.78, 5) is 0.